The van der Waals surface area contributed by atoms with Crippen molar-refractivity contribution in [2.45, 2.75) is 31.6 Å². The number of aliphatic hydroxyl groups is 1. The molecule has 1 aromatic rings. The summed E-state index contributed by atoms with van der Waals surface area (Å²) in [5.74, 6) is 0.677. The molecule has 14 heavy (non-hydrogen) atoms. The predicted octanol–water partition coefficient (Wildman–Crippen LogP) is 2.04. The maximum absolute atomic E-state index is 9.78. The summed E-state index contributed by atoms with van der Waals surface area (Å²) in [6.45, 7) is 6.39. The van der Waals surface area contributed by atoms with Crippen molar-refractivity contribution < 1.29 is 5.11 Å². The van der Waals surface area contributed by atoms with Gasteiger partial charge in [-0.1, -0.05) is 20.8 Å². The van der Waals surface area contributed by atoms with Gasteiger partial charge in [0.15, 0.2) is 0 Å². The van der Waals surface area contributed by atoms with Crippen molar-refractivity contribution in [3.8, 4) is 0 Å². The van der Waals surface area contributed by atoms with E-state index in [-0.39, 0.29) is 4.75 Å². The Balaban J connectivity index is 2.48. The molecule has 1 aromatic heterocycles. The zero-order valence-corrected chi connectivity index (χ0v) is 9.58. The van der Waals surface area contributed by atoms with E-state index in [1.54, 1.807) is 24.2 Å². The van der Waals surface area contributed by atoms with Crippen LogP contribution in [-0.4, -0.2) is 25.6 Å². The molecule has 0 aromatic carbocycles. The monoisotopic (exact) mass is 212 g/mol. The topological polar surface area (TPSA) is 46.0 Å². The molecule has 1 N–H and O–H groups in total. The number of aliphatic hydroxyl groups excluding tert-OH is 1. The fraction of sp³-hybridized carbons (Fsp3) is 0.600. The smallest absolute Gasteiger partial charge is 0.115 e. The molecule has 78 valence electrons. The summed E-state index contributed by atoms with van der Waals surface area (Å²) in [5, 5.41) is 9.78. The van der Waals surface area contributed by atoms with E-state index in [9.17, 15) is 5.11 Å². The highest BCUT2D eigenvalue weighted by Crippen LogP contribution is 2.27. The molecular weight excluding hydrogens is 196 g/mol. The largest absolute Gasteiger partial charge is 0.387 e. The molecule has 0 bridgehead atoms. The van der Waals surface area contributed by atoms with E-state index < -0.39 is 6.10 Å². The molecule has 4 heteroatoms. The second-order valence-electron chi connectivity index (χ2n) is 4.11. The van der Waals surface area contributed by atoms with Crippen molar-refractivity contribution in [1.82, 2.24) is 9.97 Å². The maximum Gasteiger partial charge on any atom is 0.115 e. The van der Waals surface area contributed by atoms with Crippen molar-refractivity contribution in [2.24, 2.45) is 0 Å². The van der Waals surface area contributed by atoms with Crippen LogP contribution < -0.4 is 0 Å². The molecule has 0 radical (unpaired) electrons. The van der Waals surface area contributed by atoms with Crippen LogP contribution in [0.25, 0.3) is 0 Å². The summed E-state index contributed by atoms with van der Waals surface area (Å²) >= 11 is 1.73. The number of rotatable bonds is 3. The Hall–Kier alpha value is -0.610. The van der Waals surface area contributed by atoms with E-state index in [1.165, 1.54) is 6.33 Å². The normalized spacial score (nSPS) is 14.0. The lowest BCUT2D eigenvalue weighted by Gasteiger charge is -2.19. The second-order valence-corrected chi connectivity index (χ2v) is 5.96. The molecule has 0 saturated carbocycles. The third-order valence-electron chi connectivity index (χ3n) is 1.64. The molecule has 0 amide bonds. The Kier molecular flexibility index (Phi) is 3.89. The van der Waals surface area contributed by atoms with Crippen LogP contribution in [0.1, 0.15) is 32.4 Å². The molecule has 0 saturated heterocycles. The SMILES string of the molecule is CC(C)(C)SCC(O)c1cncnc1. The zero-order valence-electron chi connectivity index (χ0n) is 8.77. The fourth-order valence-electron chi connectivity index (χ4n) is 0.908. The van der Waals surface area contributed by atoms with Gasteiger partial charge in [0.25, 0.3) is 0 Å². The minimum absolute atomic E-state index is 0.177. The Labute approximate surface area is 89.0 Å². The van der Waals surface area contributed by atoms with E-state index in [0.29, 0.717) is 5.75 Å². The summed E-state index contributed by atoms with van der Waals surface area (Å²) in [6.07, 6.45) is 4.30. The van der Waals surface area contributed by atoms with Crippen LogP contribution in [0.15, 0.2) is 18.7 Å². The first-order chi connectivity index (χ1) is 6.49. The Morgan fingerprint density at radius 1 is 1.36 bits per heavy atom. The van der Waals surface area contributed by atoms with Gasteiger partial charge < -0.3 is 5.11 Å². The number of hydrogen-bond donors (Lipinski definition) is 1. The van der Waals surface area contributed by atoms with Gasteiger partial charge in [-0.2, -0.15) is 11.8 Å². The van der Waals surface area contributed by atoms with Crippen molar-refractivity contribution in [3.63, 3.8) is 0 Å². The highest BCUT2D eigenvalue weighted by Gasteiger charge is 2.15. The molecule has 0 aliphatic carbocycles. The van der Waals surface area contributed by atoms with Crippen LogP contribution in [0.2, 0.25) is 0 Å². The number of thioether (sulfide) groups is 1. The van der Waals surface area contributed by atoms with E-state index in [2.05, 4.69) is 30.7 Å². The van der Waals surface area contributed by atoms with Crippen LogP contribution in [0.3, 0.4) is 0 Å². The van der Waals surface area contributed by atoms with Gasteiger partial charge in [-0.05, 0) is 0 Å². The molecule has 1 unspecified atom stereocenters. The lowest BCUT2D eigenvalue weighted by molar-refractivity contribution is 0.203. The van der Waals surface area contributed by atoms with E-state index >= 15 is 0 Å². The third-order valence-corrected chi connectivity index (χ3v) is 2.99. The lowest BCUT2D eigenvalue weighted by Crippen LogP contribution is -2.12. The highest BCUT2D eigenvalue weighted by atomic mass is 32.2. The van der Waals surface area contributed by atoms with Gasteiger partial charge >= 0.3 is 0 Å². The highest BCUT2D eigenvalue weighted by molar-refractivity contribution is 8.00. The predicted molar refractivity (Wildman–Crippen MR) is 59.2 cm³/mol. The summed E-state index contributed by atoms with van der Waals surface area (Å²) < 4.78 is 0.177. The second kappa shape index (κ2) is 4.75. The van der Waals surface area contributed by atoms with Gasteiger partial charge in [-0.15, -0.1) is 0 Å². The van der Waals surface area contributed by atoms with Crippen LogP contribution >= 0.6 is 11.8 Å². The molecule has 0 spiro atoms. The van der Waals surface area contributed by atoms with Crippen LogP contribution in [0.4, 0.5) is 0 Å². The van der Waals surface area contributed by atoms with Gasteiger partial charge in [-0.3, -0.25) is 0 Å². The summed E-state index contributed by atoms with van der Waals surface area (Å²) in [4.78, 5) is 7.74. The van der Waals surface area contributed by atoms with Gasteiger partial charge in [-0.25, -0.2) is 9.97 Å². The standard InChI is InChI=1S/C10H16N2OS/c1-10(2,3)14-6-9(13)8-4-11-7-12-5-8/h4-5,7,9,13H,6H2,1-3H3. The average molecular weight is 212 g/mol. The average Bonchev–Trinajstić information content (AvgIpc) is 2.14. The first-order valence-corrected chi connectivity index (χ1v) is 5.54. The minimum atomic E-state index is -0.472. The number of hydrogen-bond acceptors (Lipinski definition) is 4. The quantitative estimate of drug-likeness (QED) is 0.833. The van der Waals surface area contributed by atoms with Crippen molar-refractivity contribution in [3.05, 3.63) is 24.3 Å². The molecule has 1 heterocycles. The van der Waals surface area contributed by atoms with Crippen molar-refractivity contribution in [1.29, 1.82) is 0 Å². The van der Waals surface area contributed by atoms with Crippen LogP contribution in [-0.2, 0) is 0 Å². The maximum atomic E-state index is 9.78. The first-order valence-electron chi connectivity index (χ1n) is 4.56. The number of aromatic nitrogens is 2. The van der Waals surface area contributed by atoms with Crippen LogP contribution in [0.5, 0.6) is 0 Å². The van der Waals surface area contributed by atoms with Gasteiger partial charge in [0, 0.05) is 28.5 Å². The van der Waals surface area contributed by atoms with Gasteiger partial charge in [0.05, 0.1) is 6.10 Å². The summed E-state index contributed by atoms with van der Waals surface area (Å²) in [7, 11) is 0. The van der Waals surface area contributed by atoms with Crippen molar-refractivity contribution >= 4 is 11.8 Å². The van der Waals surface area contributed by atoms with E-state index in [1.807, 2.05) is 0 Å². The van der Waals surface area contributed by atoms with Gasteiger partial charge in [0.1, 0.15) is 6.33 Å². The molecule has 0 aliphatic heterocycles. The van der Waals surface area contributed by atoms with E-state index in [0.717, 1.165) is 5.56 Å². The first kappa shape index (κ1) is 11.5. The van der Waals surface area contributed by atoms with Gasteiger partial charge in [0.2, 0.25) is 0 Å². The summed E-state index contributed by atoms with van der Waals surface area (Å²) in [6, 6.07) is 0. The van der Waals surface area contributed by atoms with Crippen LogP contribution in [0, 0.1) is 0 Å². The fourth-order valence-corrected chi connectivity index (χ4v) is 1.76. The molecule has 1 atom stereocenters. The summed E-state index contributed by atoms with van der Waals surface area (Å²) in [5.41, 5.74) is 0.782. The minimum Gasteiger partial charge on any atom is -0.387 e. The Bertz CT molecular complexity index is 271. The molecule has 1 rings (SSSR count). The number of nitrogens with zero attached hydrogens (tertiary/aromatic N) is 2. The van der Waals surface area contributed by atoms with Crippen molar-refractivity contribution in [2.75, 3.05) is 5.75 Å². The Morgan fingerprint density at radius 3 is 2.43 bits per heavy atom. The molecule has 3 nitrogen and oxygen atoms in total. The molecule has 0 fully saturated rings. The zero-order chi connectivity index (χ0) is 10.6. The molecular formula is C10H16N2OS. The Morgan fingerprint density at radius 2 is 1.93 bits per heavy atom. The molecule has 0 aliphatic rings. The van der Waals surface area contributed by atoms with E-state index in [4.69, 9.17) is 0 Å². The third kappa shape index (κ3) is 4.07. The lowest BCUT2D eigenvalue weighted by atomic mass is 10.2.